The molecule has 0 aliphatic rings. The molecule has 1 N–H and O–H groups in total. The SMILES string of the molecule is CCN(CC(C)C(=O)O)C(=O)c1cncc(C)c1. The van der Waals surface area contributed by atoms with Crippen molar-refractivity contribution in [2.45, 2.75) is 20.8 Å². The van der Waals surface area contributed by atoms with Crippen LogP contribution in [0.2, 0.25) is 0 Å². The predicted molar refractivity (Wildman–Crippen MR) is 67.4 cm³/mol. The van der Waals surface area contributed by atoms with Gasteiger partial charge < -0.3 is 10.0 Å². The molecule has 1 aromatic heterocycles. The zero-order chi connectivity index (χ0) is 13.7. The lowest BCUT2D eigenvalue weighted by Crippen LogP contribution is -2.36. The summed E-state index contributed by atoms with van der Waals surface area (Å²) in [5, 5.41) is 8.87. The number of aryl methyl sites for hydroxylation is 1. The third-order valence-electron chi connectivity index (χ3n) is 2.71. The molecule has 0 fully saturated rings. The predicted octanol–water partition coefficient (Wildman–Crippen LogP) is 1.57. The molecule has 5 heteroatoms. The normalized spacial score (nSPS) is 11.9. The van der Waals surface area contributed by atoms with E-state index in [0.717, 1.165) is 5.56 Å². The summed E-state index contributed by atoms with van der Waals surface area (Å²) >= 11 is 0. The van der Waals surface area contributed by atoms with Crippen LogP contribution >= 0.6 is 0 Å². The minimum absolute atomic E-state index is 0.179. The molecule has 0 aliphatic heterocycles. The molecule has 18 heavy (non-hydrogen) atoms. The molecule has 1 amide bonds. The Morgan fingerprint density at radius 2 is 2.11 bits per heavy atom. The van der Waals surface area contributed by atoms with Crippen molar-refractivity contribution in [2.75, 3.05) is 13.1 Å². The summed E-state index contributed by atoms with van der Waals surface area (Å²) in [5.74, 6) is -1.66. The fraction of sp³-hybridized carbons (Fsp3) is 0.462. The van der Waals surface area contributed by atoms with Crippen molar-refractivity contribution in [3.05, 3.63) is 29.6 Å². The van der Waals surface area contributed by atoms with Crippen molar-refractivity contribution >= 4 is 11.9 Å². The number of amides is 1. The number of aliphatic carboxylic acids is 1. The first kappa shape index (κ1) is 14.2. The second-order valence-corrected chi connectivity index (χ2v) is 4.33. The second kappa shape index (κ2) is 6.14. The summed E-state index contributed by atoms with van der Waals surface area (Å²) in [5.41, 5.74) is 1.40. The zero-order valence-electron chi connectivity index (χ0n) is 10.9. The van der Waals surface area contributed by atoms with Gasteiger partial charge in [0.25, 0.3) is 5.91 Å². The van der Waals surface area contributed by atoms with Crippen LogP contribution in [0.4, 0.5) is 0 Å². The number of carbonyl (C=O) groups excluding carboxylic acids is 1. The minimum Gasteiger partial charge on any atom is -0.481 e. The topological polar surface area (TPSA) is 70.5 Å². The van der Waals surface area contributed by atoms with E-state index in [0.29, 0.717) is 12.1 Å². The third kappa shape index (κ3) is 3.55. The average molecular weight is 250 g/mol. The number of carboxylic acids is 1. The van der Waals surface area contributed by atoms with E-state index >= 15 is 0 Å². The molecular weight excluding hydrogens is 232 g/mol. The molecular formula is C13H18N2O3. The maximum atomic E-state index is 12.2. The van der Waals surface area contributed by atoms with Gasteiger partial charge in [0.1, 0.15) is 0 Å². The van der Waals surface area contributed by atoms with Crippen LogP contribution in [0.15, 0.2) is 18.5 Å². The van der Waals surface area contributed by atoms with Gasteiger partial charge in [-0.3, -0.25) is 14.6 Å². The van der Waals surface area contributed by atoms with Crippen molar-refractivity contribution in [1.29, 1.82) is 0 Å². The first-order chi connectivity index (χ1) is 8.45. The molecule has 1 unspecified atom stereocenters. The van der Waals surface area contributed by atoms with E-state index in [-0.39, 0.29) is 12.5 Å². The summed E-state index contributed by atoms with van der Waals surface area (Å²) in [7, 11) is 0. The molecule has 0 aromatic carbocycles. The van der Waals surface area contributed by atoms with E-state index in [1.54, 1.807) is 19.2 Å². The van der Waals surface area contributed by atoms with Gasteiger partial charge in [0.05, 0.1) is 11.5 Å². The quantitative estimate of drug-likeness (QED) is 0.861. The Morgan fingerprint density at radius 3 is 2.61 bits per heavy atom. The number of hydrogen-bond acceptors (Lipinski definition) is 3. The van der Waals surface area contributed by atoms with Crippen molar-refractivity contribution < 1.29 is 14.7 Å². The molecule has 1 rings (SSSR count). The molecule has 0 radical (unpaired) electrons. The van der Waals surface area contributed by atoms with E-state index in [1.165, 1.54) is 11.1 Å². The number of rotatable bonds is 5. The highest BCUT2D eigenvalue weighted by atomic mass is 16.4. The van der Waals surface area contributed by atoms with E-state index in [2.05, 4.69) is 4.98 Å². The van der Waals surface area contributed by atoms with Crippen LogP contribution in [0.25, 0.3) is 0 Å². The van der Waals surface area contributed by atoms with Crippen LogP contribution in [0, 0.1) is 12.8 Å². The molecule has 0 bridgehead atoms. The van der Waals surface area contributed by atoms with Crippen molar-refractivity contribution in [3.8, 4) is 0 Å². The molecule has 0 spiro atoms. The highest BCUT2D eigenvalue weighted by Crippen LogP contribution is 2.08. The van der Waals surface area contributed by atoms with Gasteiger partial charge in [0, 0.05) is 25.5 Å². The fourth-order valence-electron chi connectivity index (χ4n) is 1.62. The molecule has 0 saturated heterocycles. The van der Waals surface area contributed by atoms with Crippen LogP contribution in [0.1, 0.15) is 29.8 Å². The van der Waals surface area contributed by atoms with Gasteiger partial charge in [-0.1, -0.05) is 6.92 Å². The first-order valence-corrected chi connectivity index (χ1v) is 5.89. The molecule has 98 valence electrons. The molecule has 1 heterocycles. The summed E-state index contributed by atoms with van der Waals surface area (Å²) in [6, 6.07) is 1.75. The smallest absolute Gasteiger partial charge is 0.308 e. The lowest BCUT2D eigenvalue weighted by atomic mass is 10.1. The number of carboxylic acid groups (broad SMARTS) is 1. The Morgan fingerprint density at radius 1 is 1.44 bits per heavy atom. The minimum atomic E-state index is -0.899. The average Bonchev–Trinajstić information content (AvgIpc) is 2.34. The number of pyridine rings is 1. The van der Waals surface area contributed by atoms with Crippen molar-refractivity contribution in [3.63, 3.8) is 0 Å². The number of nitrogens with zero attached hydrogens (tertiary/aromatic N) is 2. The molecule has 1 aromatic rings. The van der Waals surface area contributed by atoms with Gasteiger partial charge in [0.15, 0.2) is 0 Å². The summed E-state index contributed by atoms with van der Waals surface area (Å²) < 4.78 is 0. The van der Waals surface area contributed by atoms with Crippen LogP contribution in [0.3, 0.4) is 0 Å². The Hall–Kier alpha value is -1.91. The summed E-state index contributed by atoms with van der Waals surface area (Å²) in [4.78, 5) is 28.5. The Balaban J connectivity index is 2.82. The second-order valence-electron chi connectivity index (χ2n) is 4.33. The van der Waals surface area contributed by atoms with Crippen LogP contribution in [-0.4, -0.2) is 40.0 Å². The number of hydrogen-bond donors (Lipinski definition) is 1. The highest BCUT2D eigenvalue weighted by molar-refractivity contribution is 5.94. The lowest BCUT2D eigenvalue weighted by molar-refractivity contribution is -0.141. The van der Waals surface area contributed by atoms with Crippen LogP contribution in [-0.2, 0) is 4.79 Å². The monoisotopic (exact) mass is 250 g/mol. The maximum absolute atomic E-state index is 12.2. The highest BCUT2D eigenvalue weighted by Gasteiger charge is 2.20. The molecule has 1 atom stereocenters. The third-order valence-corrected chi connectivity index (χ3v) is 2.71. The standard InChI is InChI=1S/C13H18N2O3/c1-4-15(8-10(3)13(17)18)12(16)11-5-9(2)6-14-7-11/h5-7,10H,4,8H2,1-3H3,(H,17,18). The zero-order valence-corrected chi connectivity index (χ0v) is 10.9. The molecule has 5 nitrogen and oxygen atoms in total. The largest absolute Gasteiger partial charge is 0.481 e. The maximum Gasteiger partial charge on any atom is 0.308 e. The Bertz CT molecular complexity index is 446. The van der Waals surface area contributed by atoms with Crippen LogP contribution in [0.5, 0.6) is 0 Å². The summed E-state index contributed by atoms with van der Waals surface area (Å²) in [6.07, 6.45) is 3.18. The van der Waals surface area contributed by atoms with Gasteiger partial charge in [-0.15, -0.1) is 0 Å². The number of carbonyl (C=O) groups is 2. The Labute approximate surface area is 106 Å². The van der Waals surface area contributed by atoms with Gasteiger partial charge in [-0.05, 0) is 25.5 Å². The van der Waals surface area contributed by atoms with Crippen molar-refractivity contribution in [2.24, 2.45) is 5.92 Å². The van der Waals surface area contributed by atoms with Crippen molar-refractivity contribution in [1.82, 2.24) is 9.88 Å². The van der Waals surface area contributed by atoms with E-state index < -0.39 is 11.9 Å². The molecule has 0 aliphatic carbocycles. The van der Waals surface area contributed by atoms with E-state index in [9.17, 15) is 9.59 Å². The van der Waals surface area contributed by atoms with Gasteiger partial charge in [0.2, 0.25) is 0 Å². The fourth-order valence-corrected chi connectivity index (χ4v) is 1.62. The number of aromatic nitrogens is 1. The van der Waals surface area contributed by atoms with E-state index in [4.69, 9.17) is 5.11 Å². The lowest BCUT2D eigenvalue weighted by Gasteiger charge is -2.22. The van der Waals surface area contributed by atoms with E-state index in [1.807, 2.05) is 13.8 Å². The van der Waals surface area contributed by atoms with Crippen LogP contribution < -0.4 is 0 Å². The summed E-state index contributed by atoms with van der Waals surface area (Å²) in [6.45, 7) is 5.96. The van der Waals surface area contributed by atoms with Gasteiger partial charge in [-0.2, -0.15) is 0 Å². The molecule has 0 saturated carbocycles. The Kier molecular flexibility index (Phi) is 4.83. The first-order valence-electron chi connectivity index (χ1n) is 5.89. The van der Waals surface area contributed by atoms with Gasteiger partial charge in [-0.25, -0.2) is 0 Å². The van der Waals surface area contributed by atoms with Gasteiger partial charge >= 0.3 is 5.97 Å².